The molecule has 0 aliphatic rings. The molecule has 0 radical (unpaired) electrons. The molecule has 18 heavy (non-hydrogen) atoms. The Hall–Kier alpha value is -1.36. The Morgan fingerprint density at radius 2 is 1.61 bits per heavy atom. The Bertz CT molecular complexity index is 289. The summed E-state index contributed by atoms with van der Waals surface area (Å²) in [6, 6.07) is 1.96. The highest BCUT2D eigenvalue weighted by Crippen LogP contribution is 2.08. The summed E-state index contributed by atoms with van der Waals surface area (Å²) in [5.74, 6) is 1.79. The average Bonchev–Trinajstić information content (AvgIpc) is 2.40. The molecular weight excluding hydrogens is 226 g/mol. The van der Waals surface area contributed by atoms with Crippen LogP contribution in [0.4, 0.5) is 11.6 Å². The lowest BCUT2D eigenvalue weighted by Crippen LogP contribution is -2.13. The van der Waals surface area contributed by atoms with E-state index in [0.717, 1.165) is 37.7 Å². The first-order valence-corrected chi connectivity index (χ1v) is 6.81. The molecule has 1 rings (SSSR count). The van der Waals surface area contributed by atoms with E-state index in [-0.39, 0.29) is 0 Å². The summed E-state index contributed by atoms with van der Waals surface area (Å²) < 4.78 is 0. The highest BCUT2D eigenvalue weighted by atomic mass is 15.1. The minimum Gasteiger partial charge on any atom is -0.370 e. The standard InChI is InChI=1S/C13H25N5/c1-3-4-5-8-15-12-10-13(18-11-17-12)16-9-6-7-14-2/h10-11,14H,3-9H2,1-2H3,(H2,15,16,17,18). The van der Waals surface area contributed by atoms with Gasteiger partial charge in [-0.2, -0.15) is 0 Å². The minimum atomic E-state index is 0.888. The van der Waals surface area contributed by atoms with E-state index in [2.05, 4.69) is 32.8 Å². The molecule has 0 bridgehead atoms. The van der Waals surface area contributed by atoms with Gasteiger partial charge in [-0.25, -0.2) is 9.97 Å². The van der Waals surface area contributed by atoms with E-state index in [4.69, 9.17) is 0 Å². The number of anilines is 2. The van der Waals surface area contributed by atoms with Crippen molar-refractivity contribution in [1.82, 2.24) is 15.3 Å². The van der Waals surface area contributed by atoms with Crippen LogP contribution >= 0.6 is 0 Å². The quantitative estimate of drug-likeness (QED) is 0.556. The minimum absolute atomic E-state index is 0.888. The molecule has 0 aromatic carbocycles. The smallest absolute Gasteiger partial charge is 0.131 e. The van der Waals surface area contributed by atoms with Gasteiger partial charge in [0.15, 0.2) is 0 Å². The lowest BCUT2D eigenvalue weighted by atomic mass is 10.2. The lowest BCUT2D eigenvalue weighted by molar-refractivity contribution is 0.741. The van der Waals surface area contributed by atoms with Gasteiger partial charge in [-0.05, 0) is 26.4 Å². The van der Waals surface area contributed by atoms with E-state index in [1.54, 1.807) is 6.33 Å². The third kappa shape index (κ3) is 6.39. The predicted molar refractivity (Wildman–Crippen MR) is 77.1 cm³/mol. The number of nitrogens with one attached hydrogen (secondary N) is 3. The van der Waals surface area contributed by atoms with Gasteiger partial charge in [-0.3, -0.25) is 0 Å². The molecule has 0 aliphatic carbocycles. The normalized spacial score (nSPS) is 10.3. The summed E-state index contributed by atoms with van der Waals surface area (Å²) in [7, 11) is 1.96. The van der Waals surface area contributed by atoms with Crippen molar-refractivity contribution in [2.24, 2.45) is 0 Å². The Balaban J connectivity index is 2.27. The van der Waals surface area contributed by atoms with Crippen LogP contribution in [0, 0.1) is 0 Å². The molecule has 5 nitrogen and oxygen atoms in total. The maximum absolute atomic E-state index is 4.21. The molecule has 0 fully saturated rings. The van der Waals surface area contributed by atoms with Crippen LogP contribution in [-0.2, 0) is 0 Å². The highest BCUT2D eigenvalue weighted by Gasteiger charge is 1.97. The second kappa shape index (κ2) is 9.65. The molecule has 1 heterocycles. The molecule has 0 spiro atoms. The maximum atomic E-state index is 4.21. The van der Waals surface area contributed by atoms with E-state index in [9.17, 15) is 0 Å². The molecule has 102 valence electrons. The third-order valence-corrected chi connectivity index (χ3v) is 2.66. The van der Waals surface area contributed by atoms with Crippen LogP contribution < -0.4 is 16.0 Å². The molecular formula is C13H25N5. The van der Waals surface area contributed by atoms with Gasteiger partial charge >= 0.3 is 0 Å². The van der Waals surface area contributed by atoms with E-state index in [1.165, 1.54) is 19.3 Å². The average molecular weight is 251 g/mol. The number of aromatic nitrogens is 2. The molecule has 0 amide bonds. The van der Waals surface area contributed by atoms with E-state index in [0.29, 0.717) is 0 Å². The fraction of sp³-hybridized carbons (Fsp3) is 0.692. The summed E-state index contributed by atoms with van der Waals surface area (Å²) in [4.78, 5) is 8.41. The van der Waals surface area contributed by atoms with Crippen LogP contribution in [0.1, 0.15) is 32.6 Å². The zero-order chi connectivity index (χ0) is 13.1. The van der Waals surface area contributed by atoms with Crippen molar-refractivity contribution in [2.75, 3.05) is 37.3 Å². The SMILES string of the molecule is CCCCCNc1cc(NCCCNC)ncn1. The zero-order valence-corrected chi connectivity index (χ0v) is 11.5. The van der Waals surface area contributed by atoms with Gasteiger partial charge in [0, 0.05) is 19.2 Å². The Kier molecular flexibility index (Phi) is 7.88. The topological polar surface area (TPSA) is 61.9 Å². The van der Waals surface area contributed by atoms with Crippen molar-refractivity contribution in [3.8, 4) is 0 Å². The maximum Gasteiger partial charge on any atom is 0.131 e. The number of hydrogen-bond acceptors (Lipinski definition) is 5. The first kappa shape index (κ1) is 14.7. The van der Waals surface area contributed by atoms with Gasteiger partial charge in [0.2, 0.25) is 0 Å². The van der Waals surface area contributed by atoms with E-state index in [1.807, 2.05) is 13.1 Å². The van der Waals surface area contributed by atoms with Crippen LogP contribution in [0.25, 0.3) is 0 Å². The predicted octanol–water partition coefficient (Wildman–Crippen LogP) is 2.10. The monoisotopic (exact) mass is 251 g/mol. The summed E-state index contributed by atoms with van der Waals surface area (Å²) in [6.07, 6.45) is 6.37. The Labute approximate surface area is 110 Å². The molecule has 0 saturated heterocycles. The molecule has 1 aromatic heterocycles. The number of rotatable bonds is 10. The van der Waals surface area contributed by atoms with Gasteiger partial charge in [-0.15, -0.1) is 0 Å². The van der Waals surface area contributed by atoms with Crippen LogP contribution in [0.2, 0.25) is 0 Å². The van der Waals surface area contributed by atoms with Crippen molar-refractivity contribution in [1.29, 1.82) is 0 Å². The summed E-state index contributed by atoms with van der Waals surface area (Å²) >= 11 is 0. The number of nitrogens with zero attached hydrogens (tertiary/aromatic N) is 2. The summed E-state index contributed by atoms with van der Waals surface area (Å²) in [5.41, 5.74) is 0. The van der Waals surface area contributed by atoms with Crippen molar-refractivity contribution in [3.05, 3.63) is 12.4 Å². The first-order valence-electron chi connectivity index (χ1n) is 6.81. The molecule has 3 N–H and O–H groups in total. The van der Waals surface area contributed by atoms with Gasteiger partial charge in [0.25, 0.3) is 0 Å². The van der Waals surface area contributed by atoms with Crippen molar-refractivity contribution >= 4 is 11.6 Å². The van der Waals surface area contributed by atoms with Gasteiger partial charge in [-0.1, -0.05) is 19.8 Å². The van der Waals surface area contributed by atoms with Crippen LogP contribution in [0.5, 0.6) is 0 Å². The van der Waals surface area contributed by atoms with Gasteiger partial charge in [0.05, 0.1) is 0 Å². The number of unbranched alkanes of at least 4 members (excludes halogenated alkanes) is 2. The molecule has 5 heteroatoms. The summed E-state index contributed by atoms with van der Waals surface area (Å²) in [6.45, 7) is 5.12. The third-order valence-electron chi connectivity index (χ3n) is 2.66. The largest absolute Gasteiger partial charge is 0.370 e. The lowest BCUT2D eigenvalue weighted by Gasteiger charge is -2.08. The van der Waals surface area contributed by atoms with E-state index < -0.39 is 0 Å². The van der Waals surface area contributed by atoms with Crippen LogP contribution in [0.3, 0.4) is 0 Å². The molecule has 0 unspecified atom stereocenters. The fourth-order valence-corrected chi connectivity index (χ4v) is 1.62. The Morgan fingerprint density at radius 3 is 2.22 bits per heavy atom. The van der Waals surface area contributed by atoms with Gasteiger partial charge in [0.1, 0.15) is 18.0 Å². The fourth-order valence-electron chi connectivity index (χ4n) is 1.62. The molecule has 0 atom stereocenters. The Morgan fingerprint density at radius 1 is 0.944 bits per heavy atom. The van der Waals surface area contributed by atoms with Gasteiger partial charge < -0.3 is 16.0 Å². The molecule has 1 aromatic rings. The zero-order valence-electron chi connectivity index (χ0n) is 11.5. The van der Waals surface area contributed by atoms with Crippen LogP contribution in [0.15, 0.2) is 12.4 Å². The van der Waals surface area contributed by atoms with Crippen LogP contribution in [-0.4, -0.2) is 36.6 Å². The van der Waals surface area contributed by atoms with E-state index >= 15 is 0 Å². The molecule has 0 aliphatic heterocycles. The second-order valence-corrected chi connectivity index (χ2v) is 4.31. The number of hydrogen-bond donors (Lipinski definition) is 3. The first-order chi connectivity index (χ1) is 8.86. The second-order valence-electron chi connectivity index (χ2n) is 4.31. The van der Waals surface area contributed by atoms with Crippen molar-refractivity contribution < 1.29 is 0 Å². The van der Waals surface area contributed by atoms with Crippen molar-refractivity contribution in [3.63, 3.8) is 0 Å². The van der Waals surface area contributed by atoms with Crippen molar-refractivity contribution in [2.45, 2.75) is 32.6 Å². The highest BCUT2D eigenvalue weighted by molar-refractivity contribution is 5.46. The summed E-state index contributed by atoms with van der Waals surface area (Å²) in [5, 5.41) is 9.73. The molecule has 0 saturated carbocycles.